The molecule has 2 aromatic rings. The molecule has 2 heterocycles. The summed E-state index contributed by atoms with van der Waals surface area (Å²) >= 11 is 0. The summed E-state index contributed by atoms with van der Waals surface area (Å²) in [7, 11) is -0.353. The van der Waals surface area contributed by atoms with Crippen molar-refractivity contribution in [3.63, 3.8) is 0 Å². The van der Waals surface area contributed by atoms with E-state index in [2.05, 4.69) is 10.3 Å². The zero-order chi connectivity index (χ0) is 19.4. The number of hydrogen-bond acceptors (Lipinski definition) is 5. The van der Waals surface area contributed by atoms with Gasteiger partial charge in [0, 0.05) is 32.9 Å². The quantitative estimate of drug-likeness (QED) is 0.796. The molecule has 1 aromatic carbocycles. The number of amides is 1. The van der Waals surface area contributed by atoms with E-state index in [1.165, 1.54) is 16.8 Å². The second-order valence-electron chi connectivity index (χ2n) is 6.65. The van der Waals surface area contributed by atoms with Gasteiger partial charge in [0.2, 0.25) is 5.91 Å². The molecule has 0 aliphatic carbocycles. The van der Waals surface area contributed by atoms with Gasteiger partial charge in [0.15, 0.2) is 5.03 Å². The van der Waals surface area contributed by atoms with E-state index in [0.29, 0.717) is 25.9 Å². The van der Waals surface area contributed by atoms with E-state index in [0.717, 1.165) is 11.3 Å². The molecule has 1 aliphatic heterocycles. The third kappa shape index (κ3) is 4.48. The van der Waals surface area contributed by atoms with Crippen molar-refractivity contribution in [2.24, 2.45) is 13.0 Å². The van der Waals surface area contributed by atoms with Crippen LogP contribution in [0.1, 0.15) is 18.4 Å². The van der Waals surface area contributed by atoms with E-state index in [1.54, 1.807) is 18.7 Å². The maximum atomic E-state index is 12.7. The fraction of sp³-hybridized carbons (Fsp3) is 0.444. The van der Waals surface area contributed by atoms with Gasteiger partial charge in [-0.15, -0.1) is 0 Å². The number of nitrogens with one attached hydrogen (secondary N) is 1. The summed E-state index contributed by atoms with van der Waals surface area (Å²) in [5.41, 5.74) is 0.956. The van der Waals surface area contributed by atoms with Crippen LogP contribution in [0.5, 0.6) is 5.75 Å². The van der Waals surface area contributed by atoms with Gasteiger partial charge in [-0.25, -0.2) is 13.4 Å². The summed E-state index contributed by atoms with van der Waals surface area (Å²) in [5.74, 6) is 0.259. The molecule has 1 saturated heterocycles. The van der Waals surface area contributed by atoms with E-state index >= 15 is 0 Å². The van der Waals surface area contributed by atoms with Crippen molar-refractivity contribution in [2.75, 3.05) is 20.2 Å². The molecule has 0 saturated carbocycles. The largest absolute Gasteiger partial charge is 0.497 e. The Bertz CT molecular complexity index is 892. The van der Waals surface area contributed by atoms with Crippen LogP contribution >= 0.6 is 0 Å². The molecule has 1 atom stereocenters. The molecule has 1 aliphatic rings. The highest BCUT2D eigenvalue weighted by atomic mass is 32.2. The number of ether oxygens (including phenoxy) is 1. The summed E-state index contributed by atoms with van der Waals surface area (Å²) in [6.07, 6.45) is 4.24. The first-order valence-corrected chi connectivity index (χ1v) is 10.2. The summed E-state index contributed by atoms with van der Waals surface area (Å²) < 4.78 is 33.5. The molecule has 1 N–H and O–H groups in total. The SMILES string of the molecule is COc1ccc(CNC(=O)[C@H]2CCCN(S(=O)(=O)c3cn(C)cn3)C2)cc1. The Kier molecular flexibility index (Phi) is 5.81. The fourth-order valence-electron chi connectivity index (χ4n) is 3.11. The first-order chi connectivity index (χ1) is 12.9. The smallest absolute Gasteiger partial charge is 0.262 e. The number of imidazole rings is 1. The summed E-state index contributed by atoms with van der Waals surface area (Å²) in [4.78, 5) is 16.5. The van der Waals surface area contributed by atoms with Crippen LogP contribution in [0, 0.1) is 5.92 Å². The molecule has 27 heavy (non-hydrogen) atoms. The van der Waals surface area contributed by atoms with Crippen LogP contribution in [0.3, 0.4) is 0 Å². The van der Waals surface area contributed by atoms with Crippen molar-refractivity contribution in [3.8, 4) is 5.75 Å². The molecule has 0 bridgehead atoms. The molecule has 1 fully saturated rings. The van der Waals surface area contributed by atoms with E-state index in [-0.39, 0.29) is 23.4 Å². The standard InChI is InChI=1S/C18H24N4O4S/c1-21-12-17(20-13-21)27(24,25)22-9-3-4-15(11-22)18(23)19-10-14-5-7-16(26-2)8-6-14/h5-8,12-13,15H,3-4,9-11H2,1-2H3,(H,19,23)/t15-/m0/s1. The average molecular weight is 392 g/mol. The van der Waals surface area contributed by atoms with Gasteiger partial charge in [0.05, 0.1) is 19.4 Å². The van der Waals surface area contributed by atoms with Crippen molar-refractivity contribution in [1.29, 1.82) is 0 Å². The Hall–Kier alpha value is -2.39. The minimum absolute atomic E-state index is 0.0179. The summed E-state index contributed by atoms with van der Waals surface area (Å²) in [6, 6.07) is 7.45. The van der Waals surface area contributed by atoms with Crippen LogP contribution in [-0.2, 0) is 28.4 Å². The number of methoxy groups -OCH3 is 1. The Balaban J connectivity index is 1.60. The molecule has 0 unspecified atom stereocenters. The van der Waals surface area contributed by atoms with Gasteiger partial charge in [-0.05, 0) is 30.5 Å². The fourth-order valence-corrected chi connectivity index (χ4v) is 4.60. The van der Waals surface area contributed by atoms with Crippen LogP contribution in [-0.4, -0.2) is 48.4 Å². The molecule has 1 aromatic heterocycles. The third-order valence-electron chi connectivity index (χ3n) is 4.67. The third-order valence-corrected chi connectivity index (χ3v) is 6.42. The normalized spacial score (nSPS) is 18.2. The number of aryl methyl sites for hydroxylation is 1. The Labute approximate surface area is 159 Å². The molecule has 3 rings (SSSR count). The van der Waals surface area contributed by atoms with Gasteiger partial charge in [-0.1, -0.05) is 12.1 Å². The maximum Gasteiger partial charge on any atom is 0.262 e. The van der Waals surface area contributed by atoms with Crippen molar-refractivity contribution in [1.82, 2.24) is 19.2 Å². The van der Waals surface area contributed by atoms with Crippen molar-refractivity contribution < 1.29 is 17.9 Å². The number of aromatic nitrogens is 2. The Morgan fingerprint density at radius 2 is 2.07 bits per heavy atom. The predicted molar refractivity (Wildman–Crippen MR) is 99.5 cm³/mol. The average Bonchev–Trinajstić information content (AvgIpc) is 3.14. The monoisotopic (exact) mass is 392 g/mol. The first kappa shape index (κ1) is 19.4. The highest BCUT2D eigenvalue weighted by Gasteiger charge is 2.34. The predicted octanol–water partition coefficient (Wildman–Crippen LogP) is 1.15. The number of hydrogen-bond donors (Lipinski definition) is 1. The van der Waals surface area contributed by atoms with E-state index in [9.17, 15) is 13.2 Å². The summed E-state index contributed by atoms with van der Waals surface area (Å²) in [5, 5.41) is 2.92. The van der Waals surface area contributed by atoms with Gasteiger partial charge < -0.3 is 14.6 Å². The molecule has 0 radical (unpaired) electrons. The lowest BCUT2D eigenvalue weighted by molar-refractivity contribution is -0.126. The van der Waals surface area contributed by atoms with Gasteiger partial charge in [-0.2, -0.15) is 4.31 Å². The molecule has 8 nitrogen and oxygen atoms in total. The number of piperidine rings is 1. The minimum atomic E-state index is -3.67. The Morgan fingerprint density at radius 3 is 2.70 bits per heavy atom. The summed E-state index contributed by atoms with van der Waals surface area (Å²) in [6.45, 7) is 0.973. The number of sulfonamides is 1. The molecule has 146 valence electrons. The maximum absolute atomic E-state index is 12.7. The van der Waals surface area contributed by atoms with E-state index in [1.807, 2.05) is 24.3 Å². The number of rotatable bonds is 6. The molecular formula is C18H24N4O4S. The zero-order valence-corrected chi connectivity index (χ0v) is 16.3. The van der Waals surface area contributed by atoms with Gasteiger partial charge in [-0.3, -0.25) is 4.79 Å². The molecule has 9 heteroatoms. The lowest BCUT2D eigenvalue weighted by atomic mass is 9.99. The van der Waals surface area contributed by atoms with Gasteiger partial charge in [0.1, 0.15) is 5.75 Å². The van der Waals surface area contributed by atoms with Crippen LogP contribution in [0.2, 0.25) is 0 Å². The van der Waals surface area contributed by atoms with Crippen LogP contribution in [0.4, 0.5) is 0 Å². The van der Waals surface area contributed by atoms with Gasteiger partial charge >= 0.3 is 0 Å². The second kappa shape index (κ2) is 8.10. The van der Waals surface area contributed by atoms with Crippen molar-refractivity contribution >= 4 is 15.9 Å². The second-order valence-corrected chi connectivity index (χ2v) is 8.53. The Morgan fingerprint density at radius 1 is 1.33 bits per heavy atom. The number of benzene rings is 1. The van der Waals surface area contributed by atoms with Gasteiger partial charge in [0.25, 0.3) is 10.0 Å². The first-order valence-electron chi connectivity index (χ1n) is 8.79. The molecular weight excluding hydrogens is 368 g/mol. The van der Waals surface area contributed by atoms with Crippen LogP contribution in [0.25, 0.3) is 0 Å². The number of carbonyl (C=O) groups is 1. The molecule has 1 amide bonds. The number of nitrogens with zero attached hydrogens (tertiary/aromatic N) is 3. The van der Waals surface area contributed by atoms with Crippen molar-refractivity contribution in [2.45, 2.75) is 24.4 Å². The molecule has 0 spiro atoms. The lowest BCUT2D eigenvalue weighted by Gasteiger charge is -2.30. The highest BCUT2D eigenvalue weighted by molar-refractivity contribution is 7.89. The minimum Gasteiger partial charge on any atom is -0.497 e. The van der Waals surface area contributed by atoms with Crippen molar-refractivity contribution in [3.05, 3.63) is 42.4 Å². The number of carbonyl (C=O) groups excluding carboxylic acids is 1. The van der Waals surface area contributed by atoms with Crippen LogP contribution in [0.15, 0.2) is 41.8 Å². The van der Waals surface area contributed by atoms with Crippen LogP contribution < -0.4 is 10.1 Å². The lowest BCUT2D eigenvalue weighted by Crippen LogP contribution is -2.45. The zero-order valence-electron chi connectivity index (χ0n) is 15.5. The van der Waals surface area contributed by atoms with E-state index < -0.39 is 10.0 Å². The topological polar surface area (TPSA) is 93.5 Å². The van der Waals surface area contributed by atoms with E-state index in [4.69, 9.17) is 4.74 Å². The highest BCUT2D eigenvalue weighted by Crippen LogP contribution is 2.23.